The Morgan fingerprint density at radius 3 is 3.00 bits per heavy atom. The molecule has 15 heavy (non-hydrogen) atoms. The van der Waals surface area contributed by atoms with Crippen LogP contribution >= 0.6 is 11.3 Å². The third kappa shape index (κ3) is 3.80. The van der Waals surface area contributed by atoms with Crippen molar-refractivity contribution in [2.75, 3.05) is 18.5 Å². The minimum Gasteiger partial charge on any atom is -0.376 e. The molecule has 0 aliphatic heterocycles. The molecular formula is C11H18N2OS. The van der Waals surface area contributed by atoms with E-state index in [1.54, 1.807) is 11.3 Å². The van der Waals surface area contributed by atoms with Crippen molar-refractivity contribution in [3.05, 3.63) is 11.6 Å². The Morgan fingerprint density at radius 2 is 2.27 bits per heavy atom. The summed E-state index contributed by atoms with van der Waals surface area (Å²) in [6.45, 7) is 1.66. The van der Waals surface area contributed by atoms with Crippen molar-refractivity contribution >= 4 is 16.5 Å². The summed E-state index contributed by atoms with van der Waals surface area (Å²) in [4.78, 5) is 4.15. The van der Waals surface area contributed by atoms with Crippen LogP contribution in [0.25, 0.3) is 0 Å². The standard InChI is InChI=1S/C11H18N2OS/c1-2-4-10(5-3-1)14-8-6-12-11-13-7-9-15-11/h7,9-10H,1-6,8H2,(H,12,13). The lowest BCUT2D eigenvalue weighted by Gasteiger charge is -2.21. The van der Waals surface area contributed by atoms with Crippen molar-refractivity contribution in [2.24, 2.45) is 0 Å². The molecule has 0 bridgehead atoms. The molecule has 3 nitrogen and oxygen atoms in total. The van der Waals surface area contributed by atoms with E-state index in [2.05, 4.69) is 10.3 Å². The molecule has 1 aliphatic carbocycles. The van der Waals surface area contributed by atoms with Gasteiger partial charge in [0, 0.05) is 18.1 Å². The van der Waals surface area contributed by atoms with Gasteiger partial charge in [0.1, 0.15) is 0 Å². The normalized spacial score (nSPS) is 17.9. The monoisotopic (exact) mass is 226 g/mol. The maximum atomic E-state index is 5.80. The van der Waals surface area contributed by atoms with E-state index in [1.807, 2.05) is 11.6 Å². The second-order valence-corrected chi connectivity index (χ2v) is 4.79. The average Bonchev–Trinajstić information content (AvgIpc) is 2.79. The number of thiazole rings is 1. The minimum absolute atomic E-state index is 0.511. The molecule has 1 N–H and O–H groups in total. The van der Waals surface area contributed by atoms with Gasteiger partial charge in [0.25, 0.3) is 0 Å². The summed E-state index contributed by atoms with van der Waals surface area (Å²) in [6, 6.07) is 0. The zero-order chi connectivity index (χ0) is 10.3. The number of aromatic nitrogens is 1. The third-order valence-corrected chi connectivity index (χ3v) is 3.45. The van der Waals surface area contributed by atoms with Crippen LogP contribution in [0.1, 0.15) is 32.1 Å². The Labute approximate surface area is 94.9 Å². The van der Waals surface area contributed by atoms with Crippen molar-refractivity contribution in [3.8, 4) is 0 Å². The van der Waals surface area contributed by atoms with Crippen LogP contribution in [0.15, 0.2) is 11.6 Å². The van der Waals surface area contributed by atoms with Gasteiger partial charge in [-0.2, -0.15) is 0 Å². The second kappa shape index (κ2) is 6.08. The van der Waals surface area contributed by atoms with Crippen LogP contribution in [-0.2, 0) is 4.74 Å². The molecule has 0 aromatic carbocycles. The third-order valence-electron chi connectivity index (χ3n) is 2.72. The van der Waals surface area contributed by atoms with E-state index in [1.165, 1.54) is 32.1 Å². The topological polar surface area (TPSA) is 34.1 Å². The van der Waals surface area contributed by atoms with Gasteiger partial charge >= 0.3 is 0 Å². The SMILES string of the molecule is c1csc(NCCOC2CCCCC2)n1. The fourth-order valence-corrected chi connectivity index (χ4v) is 2.48. The summed E-state index contributed by atoms with van der Waals surface area (Å²) in [5.41, 5.74) is 0. The van der Waals surface area contributed by atoms with Crippen LogP contribution in [0.4, 0.5) is 5.13 Å². The van der Waals surface area contributed by atoms with Crippen molar-refractivity contribution < 1.29 is 4.74 Å². The minimum atomic E-state index is 0.511. The van der Waals surface area contributed by atoms with Gasteiger partial charge in [-0.15, -0.1) is 11.3 Å². The summed E-state index contributed by atoms with van der Waals surface area (Å²) in [5.74, 6) is 0. The highest BCUT2D eigenvalue weighted by Gasteiger charge is 2.12. The smallest absolute Gasteiger partial charge is 0.182 e. The van der Waals surface area contributed by atoms with E-state index in [4.69, 9.17) is 4.74 Å². The number of hydrogen-bond acceptors (Lipinski definition) is 4. The van der Waals surface area contributed by atoms with Crippen LogP contribution < -0.4 is 5.32 Å². The fourth-order valence-electron chi connectivity index (χ4n) is 1.93. The molecule has 0 unspecified atom stereocenters. The quantitative estimate of drug-likeness (QED) is 0.784. The number of rotatable bonds is 5. The van der Waals surface area contributed by atoms with Gasteiger partial charge in [0.15, 0.2) is 5.13 Å². The molecule has 1 fully saturated rings. The van der Waals surface area contributed by atoms with Crippen LogP contribution in [-0.4, -0.2) is 24.2 Å². The predicted molar refractivity (Wildman–Crippen MR) is 63.4 cm³/mol. The summed E-state index contributed by atoms with van der Waals surface area (Å²) in [7, 11) is 0. The van der Waals surface area contributed by atoms with E-state index in [0.717, 1.165) is 18.3 Å². The highest BCUT2D eigenvalue weighted by molar-refractivity contribution is 7.13. The molecule has 84 valence electrons. The van der Waals surface area contributed by atoms with Gasteiger partial charge in [0.2, 0.25) is 0 Å². The molecular weight excluding hydrogens is 208 g/mol. The first-order valence-corrected chi connectivity index (χ1v) is 6.58. The van der Waals surface area contributed by atoms with Crippen LogP contribution in [0.2, 0.25) is 0 Å². The maximum absolute atomic E-state index is 5.80. The molecule has 1 aromatic rings. The predicted octanol–water partition coefficient (Wildman–Crippen LogP) is 2.90. The summed E-state index contributed by atoms with van der Waals surface area (Å²) < 4.78 is 5.80. The van der Waals surface area contributed by atoms with Gasteiger partial charge in [-0.25, -0.2) is 4.98 Å². The van der Waals surface area contributed by atoms with Gasteiger partial charge in [-0.05, 0) is 12.8 Å². The van der Waals surface area contributed by atoms with Gasteiger partial charge in [-0.3, -0.25) is 0 Å². The lowest BCUT2D eigenvalue weighted by Crippen LogP contribution is -2.20. The van der Waals surface area contributed by atoms with Crippen LogP contribution in [0.3, 0.4) is 0 Å². The van der Waals surface area contributed by atoms with E-state index in [9.17, 15) is 0 Å². The fraction of sp³-hybridized carbons (Fsp3) is 0.727. The first-order valence-electron chi connectivity index (χ1n) is 5.70. The number of ether oxygens (including phenoxy) is 1. The molecule has 0 radical (unpaired) electrons. The van der Waals surface area contributed by atoms with E-state index < -0.39 is 0 Å². The molecule has 2 rings (SSSR count). The lowest BCUT2D eigenvalue weighted by atomic mass is 9.98. The zero-order valence-electron chi connectivity index (χ0n) is 8.95. The molecule has 1 aromatic heterocycles. The van der Waals surface area contributed by atoms with Crippen LogP contribution in [0.5, 0.6) is 0 Å². The lowest BCUT2D eigenvalue weighted by molar-refractivity contribution is 0.0347. The number of anilines is 1. The molecule has 0 atom stereocenters. The molecule has 0 amide bonds. The Hall–Kier alpha value is -0.610. The summed E-state index contributed by atoms with van der Waals surface area (Å²) in [6.07, 6.45) is 8.88. The first kappa shape index (κ1) is 10.9. The Kier molecular flexibility index (Phi) is 4.41. The van der Waals surface area contributed by atoms with Crippen molar-refractivity contribution in [2.45, 2.75) is 38.2 Å². The van der Waals surface area contributed by atoms with Crippen LogP contribution in [0, 0.1) is 0 Å². The molecule has 0 saturated heterocycles. The zero-order valence-corrected chi connectivity index (χ0v) is 9.76. The summed E-state index contributed by atoms with van der Waals surface area (Å²) in [5, 5.41) is 6.21. The van der Waals surface area contributed by atoms with Crippen molar-refractivity contribution in [1.29, 1.82) is 0 Å². The van der Waals surface area contributed by atoms with Gasteiger partial charge < -0.3 is 10.1 Å². The highest BCUT2D eigenvalue weighted by atomic mass is 32.1. The Morgan fingerprint density at radius 1 is 1.40 bits per heavy atom. The number of hydrogen-bond donors (Lipinski definition) is 1. The van der Waals surface area contributed by atoms with Gasteiger partial charge in [0.05, 0.1) is 12.7 Å². The maximum Gasteiger partial charge on any atom is 0.182 e. The van der Waals surface area contributed by atoms with E-state index in [-0.39, 0.29) is 0 Å². The van der Waals surface area contributed by atoms with Gasteiger partial charge in [-0.1, -0.05) is 19.3 Å². The number of nitrogens with zero attached hydrogens (tertiary/aromatic N) is 1. The molecule has 1 heterocycles. The average molecular weight is 226 g/mol. The molecule has 4 heteroatoms. The highest BCUT2D eigenvalue weighted by Crippen LogP contribution is 2.20. The second-order valence-electron chi connectivity index (χ2n) is 3.89. The summed E-state index contributed by atoms with van der Waals surface area (Å²) >= 11 is 1.63. The molecule has 1 aliphatic rings. The van der Waals surface area contributed by atoms with E-state index >= 15 is 0 Å². The van der Waals surface area contributed by atoms with Crippen molar-refractivity contribution in [3.63, 3.8) is 0 Å². The number of nitrogens with one attached hydrogen (secondary N) is 1. The van der Waals surface area contributed by atoms with E-state index in [0.29, 0.717) is 6.10 Å². The largest absolute Gasteiger partial charge is 0.376 e. The molecule has 1 saturated carbocycles. The van der Waals surface area contributed by atoms with Crippen molar-refractivity contribution in [1.82, 2.24) is 4.98 Å². The first-order chi connectivity index (χ1) is 7.45. The molecule has 0 spiro atoms. The Balaban J connectivity index is 1.54. The Bertz CT molecular complexity index is 258.